The molecule has 0 spiro atoms. The van der Waals surface area contributed by atoms with Gasteiger partial charge in [-0.05, 0) is 44.5 Å². The second-order valence-electron chi connectivity index (χ2n) is 6.72. The van der Waals surface area contributed by atoms with Gasteiger partial charge in [0, 0.05) is 28.5 Å². The van der Waals surface area contributed by atoms with Crippen LogP contribution in [0.2, 0.25) is 0 Å². The van der Waals surface area contributed by atoms with Crippen LogP contribution in [-0.2, 0) is 17.4 Å². The Morgan fingerprint density at radius 3 is 2.50 bits per heavy atom. The zero-order valence-corrected chi connectivity index (χ0v) is 16.7. The molecule has 0 bridgehead atoms. The molecular formula is C19H20BrN3O3. The molecule has 3 rings (SSSR count). The van der Waals surface area contributed by atoms with Crippen LogP contribution in [0.5, 0.6) is 0 Å². The number of Topliss-reactive ketones (excluding diaryl/α,β-unsaturated/α-hetero) is 1. The summed E-state index contributed by atoms with van der Waals surface area (Å²) in [7, 11) is 1.87. The average molecular weight is 418 g/mol. The molecule has 1 aliphatic rings. The first-order valence-electron chi connectivity index (χ1n) is 8.21. The molecular weight excluding hydrogens is 398 g/mol. The second kappa shape index (κ2) is 6.39. The van der Waals surface area contributed by atoms with Gasteiger partial charge < -0.3 is 9.88 Å². The normalized spacial score (nSPS) is 19.8. The van der Waals surface area contributed by atoms with E-state index in [0.29, 0.717) is 11.1 Å². The van der Waals surface area contributed by atoms with E-state index in [1.165, 1.54) is 0 Å². The van der Waals surface area contributed by atoms with Crippen LogP contribution in [0.4, 0.5) is 4.79 Å². The van der Waals surface area contributed by atoms with Crippen LogP contribution in [0.1, 0.15) is 34.2 Å². The predicted octanol–water partition coefficient (Wildman–Crippen LogP) is 3.05. The summed E-state index contributed by atoms with van der Waals surface area (Å²) < 4.78 is 2.72. The van der Waals surface area contributed by atoms with Crippen molar-refractivity contribution in [3.63, 3.8) is 0 Å². The number of hydrogen-bond donors (Lipinski definition) is 1. The number of halogens is 1. The summed E-state index contributed by atoms with van der Waals surface area (Å²) in [5, 5.41) is 2.72. The fraction of sp³-hybridized carbons (Fsp3) is 0.316. The summed E-state index contributed by atoms with van der Waals surface area (Å²) in [5.41, 5.74) is 1.76. The maximum Gasteiger partial charge on any atom is 0.325 e. The van der Waals surface area contributed by atoms with Gasteiger partial charge in [0.25, 0.3) is 5.91 Å². The van der Waals surface area contributed by atoms with Crippen LogP contribution in [-0.4, -0.2) is 33.7 Å². The molecule has 1 aromatic heterocycles. The van der Waals surface area contributed by atoms with Gasteiger partial charge >= 0.3 is 6.03 Å². The van der Waals surface area contributed by atoms with Gasteiger partial charge in [-0.1, -0.05) is 28.1 Å². The first-order chi connectivity index (χ1) is 12.1. The number of benzene rings is 1. The molecule has 0 radical (unpaired) electrons. The van der Waals surface area contributed by atoms with Crippen LogP contribution in [0.3, 0.4) is 0 Å². The third-order valence-electron chi connectivity index (χ3n) is 5.05. The van der Waals surface area contributed by atoms with Crippen LogP contribution in [0.15, 0.2) is 34.8 Å². The Hall–Kier alpha value is -2.41. The Bertz CT molecular complexity index is 934. The molecule has 26 heavy (non-hydrogen) atoms. The largest absolute Gasteiger partial charge is 0.351 e. The number of ketones is 1. The van der Waals surface area contributed by atoms with Gasteiger partial charge in [0.15, 0.2) is 5.78 Å². The first kappa shape index (κ1) is 18.4. The first-order valence-corrected chi connectivity index (χ1v) is 9.00. The number of carbonyl (C=O) groups excluding carboxylic acids is 3. The number of aromatic nitrogens is 1. The summed E-state index contributed by atoms with van der Waals surface area (Å²) in [6.45, 7) is 5.12. The molecule has 7 heteroatoms. The van der Waals surface area contributed by atoms with Crippen molar-refractivity contribution >= 4 is 33.7 Å². The van der Waals surface area contributed by atoms with Crippen molar-refractivity contribution in [1.29, 1.82) is 0 Å². The quantitative estimate of drug-likeness (QED) is 0.613. The average Bonchev–Trinajstić information content (AvgIpc) is 2.97. The molecule has 1 saturated heterocycles. The number of amides is 3. The van der Waals surface area contributed by atoms with Crippen molar-refractivity contribution in [2.45, 2.75) is 26.3 Å². The third-order valence-corrected chi connectivity index (χ3v) is 5.55. The van der Waals surface area contributed by atoms with Crippen molar-refractivity contribution in [2.24, 2.45) is 7.05 Å². The van der Waals surface area contributed by atoms with Gasteiger partial charge in [-0.25, -0.2) is 4.79 Å². The smallest absolute Gasteiger partial charge is 0.325 e. The molecule has 2 aromatic rings. The molecule has 6 nitrogen and oxygen atoms in total. The summed E-state index contributed by atoms with van der Waals surface area (Å²) in [6.07, 6.45) is 0. The lowest BCUT2D eigenvalue weighted by Gasteiger charge is -2.22. The Kier molecular flexibility index (Phi) is 4.52. The molecule has 1 aliphatic heterocycles. The van der Waals surface area contributed by atoms with Crippen molar-refractivity contribution in [2.75, 3.05) is 6.54 Å². The van der Waals surface area contributed by atoms with Gasteiger partial charge in [0.2, 0.25) is 0 Å². The van der Waals surface area contributed by atoms with Gasteiger partial charge in [0.05, 0.1) is 6.54 Å². The number of nitrogens with zero attached hydrogens (tertiary/aromatic N) is 2. The SMILES string of the molecule is Cc1cc(C(=O)CN2C(=O)NC(C)(c3cccc(Br)c3)C2=O)c(C)n1C. The maximum absolute atomic E-state index is 12.9. The lowest BCUT2D eigenvalue weighted by molar-refractivity contribution is -0.130. The van der Waals surface area contributed by atoms with Gasteiger partial charge in [-0.3, -0.25) is 14.5 Å². The zero-order chi connectivity index (χ0) is 19.2. The number of nitrogens with one attached hydrogen (secondary N) is 1. The van der Waals surface area contributed by atoms with E-state index >= 15 is 0 Å². The minimum atomic E-state index is -1.19. The highest BCUT2D eigenvalue weighted by molar-refractivity contribution is 9.10. The number of rotatable bonds is 4. The minimum Gasteiger partial charge on any atom is -0.351 e. The second-order valence-corrected chi connectivity index (χ2v) is 7.64. The lowest BCUT2D eigenvalue weighted by atomic mass is 9.92. The van der Waals surface area contributed by atoms with E-state index in [1.807, 2.05) is 31.5 Å². The number of imide groups is 1. The zero-order valence-electron chi connectivity index (χ0n) is 15.1. The highest BCUT2D eigenvalue weighted by Crippen LogP contribution is 2.30. The minimum absolute atomic E-state index is 0.256. The summed E-state index contributed by atoms with van der Waals surface area (Å²) in [6, 6.07) is 8.43. The van der Waals surface area contributed by atoms with Gasteiger partial charge in [-0.2, -0.15) is 0 Å². The fourth-order valence-corrected chi connectivity index (χ4v) is 3.60. The number of carbonyl (C=O) groups is 3. The molecule has 0 saturated carbocycles. The highest BCUT2D eigenvalue weighted by Gasteiger charge is 2.49. The molecule has 3 amide bonds. The summed E-state index contributed by atoms with van der Waals surface area (Å²) in [4.78, 5) is 39.0. The monoisotopic (exact) mass is 417 g/mol. The van der Waals surface area contributed by atoms with E-state index in [0.717, 1.165) is 20.8 Å². The molecule has 1 unspecified atom stereocenters. The van der Waals surface area contributed by atoms with Crippen molar-refractivity contribution < 1.29 is 14.4 Å². The molecule has 136 valence electrons. The van der Waals surface area contributed by atoms with Crippen molar-refractivity contribution in [3.8, 4) is 0 Å². The Morgan fingerprint density at radius 2 is 1.92 bits per heavy atom. The van der Waals surface area contributed by atoms with Crippen LogP contribution in [0.25, 0.3) is 0 Å². The Morgan fingerprint density at radius 1 is 1.23 bits per heavy atom. The summed E-state index contributed by atoms with van der Waals surface area (Å²) in [5.74, 6) is -0.688. The molecule has 2 heterocycles. The molecule has 1 aromatic carbocycles. The fourth-order valence-electron chi connectivity index (χ4n) is 3.20. The maximum atomic E-state index is 12.9. The van der Waals surface area contributed by atoms with E-state index in [9.17, 15) is 14.4 Å². The van der Waals surface area contributed by atoms with E-state index in [1.54, 1.807) is 31.2 Å². The lowest BCUT2D eigenvalue weighted by Crippen LogP contribution is -2.41. The number of urea groups is 1. The molecule has 1 atom stereocenters. The molecule has 1 fully saturated rings. The highest BCUT2D eigenvalue weighted by atomic mass is 79.9. The third kappa shape index (κ3) is 2.86. The predicted molar refractivity (Wildman–Crippen MR) is 101 cm³/mol. The number of hydrogen-bond acceptors (Lipinski definition) is 3. The van der Waals surface area contributed by atoms with Gasteiger partial charge in [-0.15, -0.1) is 0 Å². The topological polar surface area (TPSA) is 71.4 Å². The van der Waals surface area contributed by atoms with Crippen LogP contribution >= 0.6 is 15.9 Å². The standard InChI is InChI=1S/C19H20BrN3O3/c1-11-8-15(12(2)22(11)4)16(24)10-23-17(25)19(3,21-18(23)26)13-6-5-7-14(20)9-13/h5-9H,10H2,1-4H3,(H,21,26). The van der Waals surface area contributed by atoms with Crippen LogP contribution in [0, 0.1) is 13.8 Å². The van der Waals surface area contributed by atoms with E-state index < -0.39 is 17.5 Å². The van der Waals surface area contributed by atoms with Crippen LogP contribution < -0.4 is 5.32 Å². The Labute approximate surface area is 160 Å². The molecule has 1 N–H and O–H groups in total. The van der Waals surface area contributed by atoms with Gasteiger partial charge in [0.1, 0.15) is 5.54 Å². The van der Waals surface area contributed by atoms with Crippen molar-refractivity contribution in [3.05, 3.63) is 57.3 Å². The van der Waals surface area contributed by atoms with E-state index in [-0.39, 0.29) is 12.3 Å². The van der Waals surface area contributed by atoms with E-state index in [2.05, 4.69) is 21.2 Å². The van der Waals surface area contributed by atoms with E-state index in [4.69, 9.17) is 0 Å². The number of aryl methyl sites for hydroxylation is 1. The Balaban J connectivity index is 1.88. The summed E-state index contributed by atoms with van der Waals surface area (Å²) >= 11 is 3.38. The van der Waals surface area contributed by atoms with Crippen molar-refractivity contribution in [1.82, 2.24) is 14.8 Å². The molecule has 0 aliphatic carbocycles.